The normalized spacial score (nSPS) is 15.4. The van der Waals surface area contributed by atoms with E-state index in [-0.39, 0.29) is 0 Å². The highest BCUT2D eigenvalue weighted by Gasteiger charge is 2.11. The lowest BCUT2D eigenvalue weighted by atomic mass is 10.1. The monoisotopic (exact) mass is 249 g/mol. The zero-order chi connectivity index (χ0) is 12.8. The number of hydrogen-bond donors (Lipinski definition) is 1. The average molecular weight is 249 g/mol. The van der Waals surface area contributed by atoms with Crippen molar-refractivity contribution >= 4 is 0 Å². The Hall–Kier alpha value is -1.22. The van der Waals surface area contributed by atoms with Crippen LogP contribution in [-0.2, 0) is 6.54 Å². The summed E-state index contributed by atoms with van der Waals surface area (Å²) in [6.45, 7) is 6.66. The quantitative estimate of drug-likeness (QED) is 0.840. The molecule has 1 aromatic carbocycles. The fraction of sp³-hybridized carbons (Fsp3) is 0.600. The number of rotatable bonds is 6. The van der Waals surface area contributed by atoms with E-state index >= 15 is 0 Å². The van der Waals surface area contributed by atoms with E-state index in [0.717, 1.165) is 18.0 Å². The molecule has 1 aliphatic rings. The zero-order valence-corrected chi connectivity index (χ0v) is 11.4. The standard InChI is InChI=1S/C15H23NO2/c1-3-4-5-12(2)16-11-13-6-7-14-15(10-13)18-9-8-17-14/h6-7,10,12,16H,3-5,8-9,11H2,1-2H3. The van der Waals surface area contributed by atoms with Gasteiger partial charge in [0.15, 0.2) is 11.5 Å². The first kappa shape index (κ1) is 13.2. The Labute approximate surface area is 109 Å². The van der Waals surface area contributed by atoms with Crippen molar-refractivity contribution < 1.29 is 9.47 Å². The van der Waals surface area contributed by atoms with Crippen LogP contribution in [0.25, 0.3) is 0 Å². The molecule has 1 aromatic rings. The minimum Gasteiger partial charge on any atom is -0.486 e. The molecule has 3 nitrogen and oxygen atoms in total. The molecule has 0 saturated heterocycles. The van der Waals surface area contributed by atoms with Gasteiger partial charge in [-0.3, -0.25) is 0 Å². The van der Waals surface area contributed by atoms with Gasteiger partial charge in [-0.15, -0.1) is 0 Å². The molecular weight excluding hydrogens is 226 g/mol. The molecule has 1 aliphatic heterocycles. The smallest absolute Gasteiger partial charge is 0.161 e. The van der Waals surface area contributed by atoms with Crippen molar-refractivity contribution in [2.24, 2.45) is 0 Å². The van der Waals surface area contributed by atoms with Crippen molar-refractivity contribution in [2.75, 3.05) is 13.2 Å². The summed E-state index contributed by atoms with van der Waals surface area (Å²) < 4.78 is 11.1. The summed E-state index contributed by atoms with van der Waals surface area (Å²) >= 11 is 0. The maximum Gasteiger partial charge on any atom is 0.161 e. The second-order valence-electron chi connectivity index (χ2n) is 4.90. The van der Waals surface area contributed by atoms with Crippen LogP contribution in [0.15, 0.2) is 18.2 Å². The third-order valence-corrected chi connectivity index (χ3v) is 3.25. The van der Waals surface area contributed by atoms with Gasteiger partial charge in [-0.2, -0.15) is 0 Å². The van der Waals surface area contributed by atoms with E-state index in [2.05, 4.69) is 31.3 Å². The third-order valence-electron chi connectivity index (χ3n) is 3.25. The lowest BCUT2D eigenvalue weighted by molar-refractivity contribution is 0.171. The first-order valence-electron chi connectivity index (χ1n) is 6.91. The van der Waals surface area contributed by atoms with Crippen molar-refractivity contribution in [2.45, 2.75) is 45.7 Å². The third kappa shape index (κ3) is 3.64. The highest BCUT2D eigenvalue weighted by atomic mass is 16.6. The summed E-state index contributed by atoms with van der Waals surface area (Å²) in [4.78, 5) is 0. The van der Waals surface area contributed by atoms with Gasteiger partial charge >= 0.3 is 0 Å². The van der Waals surface area contributed by atoms with E-state index in [0.29, 0.717) is 19.3 Å². The van der Waals surface area contributed by atoms with E-state index in [4.69, 9.17) is 9.47 Å². The van der Waals surface area contributed by atoms with Crippen LogP contribution in [0, 0.1) is 0 Å². The lowest BCUT2D eigenvalue weighted by Crippen LogP contribution is -2.25. The zero-order valence-electron chi connectivity index (χ0n) is 11.4. The predicted molar refractivity (Wildman–Crippen MR) is 73.3 cm³/mol. The SMILES string of the molecule is CCCCC(C)NCc1ccc2c(c1)OCCO2. The Kier molecular flexibility index (Phi) is 4.88. The van der Waals surface area contributed by atoms with Crippen LogP contribution in [-0.4, -0.2) is 19.3 Å². The van der Waals surface area contributed by atoms with Crippen molar-refractivity contribution in [3.8, 4) is 11.5 Å². The first-order chi connectivity index (χ1) is 8.79. The number of ether oxygens (including phenoxy) is 2. The number of unbranched alkanes of at least 4 members (excludes halogenated alkanes) is 1. The number of nitrogens with one attached hydrogen (secondary N) is 1. The van der Waals surface area contributed by atoms with Gasteiger partial charge in [0, 0.05) is 12.6 Å². The molecule has 18 heavy (non-hydrogen) atoms. The van der Waals surface area contributed by atoms with Crippen molar-refractivity contribution in [1.82, 2.24) is 5.32 Å². The highest BCUT2D eigenvalue weighted by Crippen LogP contribution is 2.30. The van der Waals surface area contributed by atoms with Gasteiger partial charge in [-0.05, 0) is 31.0 Å². The van der Waals surface area contributed by atoms with E-state index in [9.17, 15) is 0 Å². The van der Waals surface area contributed by atoms with Gasteiger partial charge in [0.25, 0.3) is 0 Å². The van der Waals surface area contributed by atoms with Crippen molar-refractivity contribution in [3.63, 3.8) is 0 Å². The molecule has 0 aromatic heterocycles. The van der Waals surface area contributed by atoms with Gasteiger partial charge in [0.2, 0.25) is 0 Å². The molecule has 0 amide bonds. The minimum absolute atomic E-state index is 0.568. The molecule has 0 radical (unpaired) electrons. The Morgan fingerprint density at radius 3 is 2.78 bits per heavy atom. The Balaban J connectivity index is 1.86. The maximum absolute atomic E-state index is 5.58. The summed E-state index contributed by atoms with van der Waals surface area (Å²) in [6, 6.07) is 6.75. The molecule has 1 heterocycles. The van der Waals surface area contributed by atoms with E-state index in [1.54, 1.807) is 0 Å². The molecule has 0 aliphatic carbocycles. The minimum atomic E-state index is 0.568. The van der Waals surface area contributed by atoms with Crippen LogP contribution in [0.3, 0.4) is 0 Å². The van der Waals surface area contributed by atoms with Gasteiger partial charge in [0.05, 0.1) is 0 Å². The number of hydrogen-bond acceptors (Lipinski definition) is 3. The molecule has 1 N–H and O–H groups in total. The summed E-state index contributed by atoms with van der Waals surface area (Å²) in [5, 5.41) is 3.54. The van der Waals surface area contributed by atoms with E-state index < -0.39 is 0 Å². The molecule has 0 fully saturated rings. The Bertz CT molecular complexity index is 379. The van der Waals surface area contributed by atoms with Gasteiger partial charge in [0.1, 0.15) is 13.2 Å². The fourth-order valence-corrected chi connectivity index (χ4v) is 2.10. The van der Waals surface area contributed by atoms with E-state index in [1.807, 2.05) is 6.07 Å². The summed E-state index contributed by atoms with van der Waals surface area (Å²) in [5.74, 6) is 1.74. The summed E-state index contributed by atoms with van der Waals surface area (Å²) in [7, 11) is 0. The van der Waals surface area contributed by atoms with Crippen LogP contribution < -0.4 is 14.8 Å². The largest absolute Gasteiger partial charge is 0.486 e. The van der Waals surface area contributed by atoms with Crippen molar-refractivity contribution in [3.05, 3.63) is 23.8 Å². The molecule has 2 rings (SSSR count). The van der Waals surface area contributed by atoms with Crippen molar-refractivity contribution in [1.29, 1.82) is 0 Å². The fourth-order valence-electron chi connectivity index (χ4n) is 2.10. The Morgan fingerprint density at radius 2 is 2.00 bits per heavy atom. The molecule has 100 valence electrons. The van der Waals surface area contributed by atoms with Crippen LogP contribution in [0.4, 0.5) is 0 Å². The first-order valence-corrected chi connectivity index (χ1v) is 6.91. The maximum atomic E-state index is 5.58. The van der Waals surface area contributed by atoms with Crippen LogP contribution >= 0.6 is 0 Å². The van der Waals surface area contributed by atoms with E-state index in [1.165, 1.54) is 24.8 Å². The molecule has 1 unspecified atom stereocenters. The van der Waals surface area contributed by atoms with Gasteiger partial charge in [-0.25, -0.2) is 0 Å². The second kappa shape index (κ2) is 6.64. The number of benzene rings is 1. The molecule has 3 heteroatoms. The average Bonchev–Trinajstić information content (AvgIpc) is 2.42. The van der Waals surface area contributed by atoms with Gasteiger partial charge < -0.3 is 14.8 Å². The Morgan fingerprint density at radius 1 is 1.22 bits per heavy atom. The molecule has 0 spiro atoms. The van der Waals surface area contributed by atoms with Gasteiger partial charge in [-0.1, -0.05) is 25.8 Å². The van der Waals surface area contributed by atoms with Crippen LogP contribution in [0.5, 0.6) is 11.5 Å². The molecule has 1 atom stereocenters. The molecular formula is C15H23NO2. The highest BCUT2D eigenvalue weighted by molar-refractivity contribution is 5.43. The van der Waals surface area contributed by atoms with Crippen LogP contribution in [0.1, 0.15) is 38.7 Å². The predicted octanol–water partition coefficient (Wildman–Crippen LogP) is 3.13. The number of fused-ring (bicyclic) bond motifs is 1. The second-order valence-corrected chi connectivity index (χ2v) is 4.90. The molecule has 0 bridgehead atoms. The van der Waals surface area contributed by atoms with Crippen LogP contribution in [0.2, 0.25) is 0 Å². The summed E-state index contributed by atoms with van der Waals surface area (Å²) in [5.41, 5.74) is 1.25. The topological polar surface area (TPSA) is 30.5 Å². The summed E-state index contributed by atoms with van der Waals surface area (Å²) in [6.07, 6.45) is 3.78. The lowest BCUT2D eigenvalue weighted by Gasteiger charge is -2.19. The molecule has 0 saturated carbocycles.